The van der Waals surface area contributed by atoms with Crippen molar-refractivity contribution >= 4 is 23.2 Å². The Hall–Kier alpha value is -1.16. The van der Waals surface area contributed by atoms with Crippen LogP contribution < -0.4 is 5.32 Å². The summed E-state index contributed by atoms with van der Waals surface area (Å²) in [5.41, 5.74) is 1.42. The topological polar surface area (TPSA) is 12.0 Å². The van der Waals surface area contributed by atoms with Gasteiger partial charge in [0.05, 0.1) is 5.02 Å². The van der Waals surface area contributed by atoms with Crippen LogP contribution in [0.2, 0.25) is 10.0 Å². The van der Waals surface area contributed by atoms with Gasteiger partial charge in [0.2, 0.25) is 0 Å². The number of hydrogen-bond donors (Lipinski definition) is 1. The fraction of sp³-hybridized carbons (Fsp3) is 0.200. The van der Waals surface area contributed by atoms with Gasteiger partial charge < -0.3 is 5.32 Å². The third-order valence-electron chi connectivity index (χ3n) is 3.01. The highest BCUT2D eigenvalue weighted by Gasteiger charge is 2.13. The van der Waals surface area contributed by atoms with Crippen molar-refractivity contribution < 1.29 is 8.78 Å². The van der Waals surface area contributed by atoms with E-state index in [-0.39, 0.29) is 16.9 Å². The molecule has 106 valence electrons. The predicted octanol–water partition coefficient (Wildman–Crippen LogP) is 5.12. The molecule has 0 aromatic heterocycles. The Labute approximate surface area is 126 Å². The van der Waals surface area contributed by atoms with E-state index in [0.29, 0.717) is 17.1 Å². The zero-order valence-corrected chi connectivity index (χ0v) is 12.3. The van der Waals surface area contributed by atoms with Crippen molar-refractivity contribution in [1.82, 2.24) is 5.32 Å². The maximum atomic E-state index is 13.5. The smallest absolute Gasteiger partial charge is 0.142 e. The normalized spacial score (nSPS) is 12.4. The van der Waals surface area contributed by atoms with Crippen LogP contribution >= 0.6 is 23.2 Å². The summed E-state index contributed by atoms with van der Waals surface area (Å²) >= 11 is 11.7. The van der Waals surface area contributed by atoms with Gasteiger partial charge in [0.25, 0.3) is 0 Å². The van der Waals surface area contributed by atoms with Crippen LogP contribution in [0.5, 0.6) is 0 Å². The molecule has 0 fully saturated rings. The Bertz CT molecular complexity index is 617. The summed E-state index contributed by atoms with van der Waals surface area (Å²) < 4.78 is 26.5. The monoisotopic (exact) mass is 315 g/mol. The van der Waals surface area contributed by atoms with Crippen molar-refractivity contribution in [3.8, 4) is 0 Å². The molecule has 0 heterocycles. The molecule has 1 unspecified atom stereocenters. The zero-order valence-electron chi connectivity index (χ0n) is 10.8. The molecule has 0 spiro atoms. The molecule has 20 heavy (non-hydrogen) atoms. The van der Waals surface area contributed by atoms with Gasteiger partial charge in [-0.2, -0.15) is 0 Å². The van der Waals surface area contributed by atoms with Crippen molar-refractivity contribution in [3.05, 3.63) is 69.2 Å². The van der Waals surface area contributed by atoms with Crippen LogP contribution in [0.4, 0.5) is 8.78 Å². The first-order valence-corrected chi connectivity index (χ1v) is 6.85. The molecule has 1 nitrogen and oxygen atoms in total. The summed E-state index contributed by atoms with van der Waals surface area (Å²) in [6.45, 7) is 2.31. The maximum absolute atomic E-state index is 13.5. The number of benzene rings is 2. The van der Waals surface area contributed by atoms with Gasteiger partial charge in [-0.15, -0.1) is 0 Å². The van der Waals surface area contributed by atoms with Gasteiger partial charge in [-0.1, -0.05) is 35.3 Å². The van der Waals surface area contributed by atoms with Crippen LogP contribution in [0.3, 0.4) is 0 Å². The second kappa shape index (κ2) is 6.53. The van der Waals surface area contributed by atoms with E-state index >= 15 is 0 Å². The van der Waals surface area contributed by atoms with Gasteiger partial charge in [-0.25, -0.2) is 8.78 Å². The lowest BCUT2D eigenvalue weighted by atomic mass is 10.1. The van der Waals surface area contributed by atoms with E-state index in [4.69, 9.17) is 23.2 Å². The predicted molar refractivity (Wildman–Crippen MR) is 78.1 cm³/mol. The second-order valence-corrected chi connectivity index (χ2v) is 5.33. The van der Waals surface area contributed by atoms with Crippen molar-refractivity contribution in [2.75, 3.05) is 0 Å². The fourth-order valence-electron chi connectivity index (χ4n) is 1.90. The van der Waals surface area contributed by atoms with E-state index in [1.54, 1.807) is 6.07 Å². The molecule has 0 saturated heterocycles. The Morgan fingerprint density at radius 3 is 2.55 bits per heavy atom. The van der Waals surface area contributed by atoms with E-state index in [9.17, 15) is 8.78 Å². The average Bonchev–Trinajstić information content (AvgIpc) is 2.40. The molecule has 0 bridgehead atoms. The fourth-order valence-corrected chi connectivity index (χ4v) is 2.44. The minimum Gasteiger partial charge on any atom is -0.306 e. The molecule has 5 heteroatoms. The molecule has 1 atom stereocenters. The lowest BCUT2D eigenvalue weighted by molar-refractivity contribution is 0.561. The molecule has 0 saturated carbocycles. The minimum atomic E-state index is -0.509. The molecule has 0 aliphatic heterocycles. The Balaban J connectivity index is 2.09. The molecule has 1 N–H and O–H groups in total. The quantitative estimate of drug-likeness (QED) is 0.772. The van der Waals surface area contributed by atoms with Crippen LogP contribution in [0.25, 0.3) is 0 Å². The summed E-state index contributed by atoms with van der Waals surface area (Å²) in [7, 11) is 0. The van der Waals surface area contributed by atoms with E-state index in [2.05, 4.69) is 5.32 Å². The summed E-state index contributed by atoms with van der Waals surface area (Å²) in [6.07, 6.45) is 0. The standard InChI is InChI=1S/C15H13Cl2F2N/c1-9(12-6-15(19)14(17)7-13(12)16)20-8-10-3-2-4-11(18)5-10/h2-7,9,20H,8H2,1H3. The SMILES string of the molecule is CC(NCc1cccc(F)c1)c1cc(F)c(Cl)cc1Cl. The molecular weight excluding hydrogens is 303 g/mol. The third kappa shape index (κ3) is 3.69. The first kappa shape index (κ1) is 15.2. The van der Waals surface area contributed by atoms with Gasteiger partial charge >= 0.3 is 0 Å². The molecule has 2 rings (SSSR count). The van der Waals surface area contributed by atoms with Crippen LogP contribution in [-0.4, -0.2) is 0 Å². The highest BCUT2D eigenvalue weighted by Crippen LogP contribution is 2.28. The molecule has 0 amide bonds. The largest absolute Gasteiger partial charge is 0.306 e. The molecule has 2 aromatic rings. The summed E-state index contributed by atoms with van der Waals surface area (Å²) in [5.74, 6) is -0.794. The molecule has 0 radical (unpaired) electrons. The highest BCUT2D eigenvalue weighted by atomic mass is 35.5. The van der Waals surface area contributed by atoms with Gasteiger partial charge in [-0.05, 0) is 42.3 Å². The van der Waals surface area contributed by atoms with Crippen LogP contribution in [-0.2, 0) is 6.54 Å². The first-order chi connectivity index (χ1) is 9.47. The molecule has 2 aromatic carbocycles. The van der Waals surface area contributed by atoms with Crippen molar-refractivity contribution in [1.29, 1.82) is 0 Å². The Morgan fingerprint density at radius 2 is 1.85 bits per heavy atom. The Morgan fingerprint density at radius 1 is 1.10 bits per heavy atom. The average molecular weight is 316 g/mol. The molecular formula is C15H13Cl2F2N. The first-order valence-electron chi connectivity index (χ1n) is 6.09. The van der Waals surface area contributed by atoms with Gasteiger partial charge in [0, 0.05) is 17.6 Å². The summed E-state index contributed by atoms with van der Waals surface area (Å²) in [5, 5.41) is 3.56. The van der Waals surface area contributed by atoms with Gasteiger partial charge in [0.15, 0.2) is 0 Å². The van der Waals surface area contributed by atoms with Crippen LogP contribution in [0.15, 0.2) is 36.4 Å². The number of rotatable bonds is 4. The van der Waals surface area contributed by atoms with Gasteiger partial charge in [0.1, 0.15) is 11.6 Å². The van der Waals surface area contributed by atoms with E-state index in [1.165, 1.54) is 24.3 Å². The lowest BCUT2D eigenvalue weighted by Crippen LogP contribution is -2.18. The van der Waals surface area contributed by atoms with E-state index in [0.717, 1.165) is 5.56 Å². The number of nitrogens with one attached hydrogen (secondary N) is 1. The number of hydrogen-bond acceptors (Lipinski definition) is 1. The summed E-state index contributed by atoms with van der Waals surface area (Å²) in [6, 6.07) is 8.81. The molecule has 0 aliphatic rings. The number of halogens is 4. The van der Waals surface area contributed by atoms with Crippen molar-refractivity contribution in [2.45, 2.75) is 19.5 Å². The third-order valence-corrected chi connectivity index (χ3v) is 3.62. The van der Waals surface area contributed by atoms with E-state index < -0.39 is 5.82 Å². The van der Waals surface area contributed by atoms with E-state index in [1.807, 2.05) is 13.0 Å². The van der Waals surface area contributed by atoms with Crippen LogP contribution in [0, 0.1) is 11.6 Å². The zero-order chi connectivity index (χ0) is 14.7. The summed E-state index contributed by atoms with van der Waals surface area (Å²) in [4.78, 5) is 0. The van der Waals surface area contributed by atoms with Crippen molar-refractivity contribution in [2.24, 2.45) is 0 Å². The molecule has 0 aliphatic carbocycles. The second-order valence-electron chi connectivity index (χ2n) is 4.52. The van der Waals surface area contributed by atoms with Gasteiger partial charge in [-0.3, -0.25) is 0 Å². The van der Waals surface area contributed by atoms with Crippen molar-refractivity contribution in [3.63, 3.8) is 0 Å². The minimum absolute atomic E-state index is 0.00363. The Kier molecular flexibility index (Phi) is 4.97. The van der Waals surface area contributed by atoms with Crippen LogP contribution in [0.1, 0.15) is 24.1 Å². The lowest BCUT2D eigenvalue weighted by Gasteiger charge is -2.16. The maximum Gasteiger partial charge on any atom is 0.142 e. The highest BCUT2D eigenvalue weighted by molar-refractivity contribution is 6.35.